The Bertz CT molecular complexity index is 3040. The van der Waals surface area contributed by atoms with Crippen molar-refractivity contribution in [2.24, 2.45) is 0 Å². The van der Waals surface area contributed by atoms with E-state index >= 15 is 0 Å². The summed E-state index contributed by atoms with van der Waals surface area (Å²) in [5, 5.41) is 4.47. The molecule has 6 heteroatoms. The van der Waals surface area contributed by atoms with Crippen LogP contribution in [0.5, 0.6) is 0 Å². The maximum absolute atomic E-state index is 3.65. The SMILES string of the molecule is Cc1cc2c(cc1-c1[c-]c3ccc(-c4cc5c(cc4C)C=CC5)[c-]c3cc1)CC=C2.Cc1cc2c(cc1-c1[c-]c3ccc(-c4cc5c(cc4C)CC=C5)[c-]c3cc1)C=CC2.[Y].[Y].[Y].[Y].[Y].[Y]. The number of fused-ring (bicyclic) bond motifs is 6. The van der Waals surface area contributed by atoms with Crippen LogP contribution in [0.1, 0.15) is 66.8 Å². The van der Waals surface area contributed by atoms with Gasteiger partial charge in [0.05, 0.1) is 0 Å². The van der Waals surface area contributed by atoms with E-state index in [9.17, 15) is 0 Å². The van der Waals surface area contributed by atoms with Crippen LogP contribution in [-0.2, 0) is 222 Å². The molecule has 0 nitrogen and oxygen atoms in total. The predicted molar refractivity (Wildman–Crippen MR) is 255 cm³/mol. The van der Waals surface area contributed by atoms with E-state index in [4.69, 9.17) is 0 Å². The van der Waals surface area contributed by atoms with E-state index in [1.807, 2.05) is 0 Å². The molecule has 6 radical (unpaired) electrons. The van der Waals surface area contributed by atoms with Crippen molar-refractivity contribution in [2.75, 3.05) is 0 Å². The van der Waals surface area contributed by atoms with Crippen LogP contribution in [0, 0.1) is 52.0 Å². The molecule has 0 aliphatic heterocycles. The zero-order chi connectivity index (χ0) is 40.5. The van der Waals surface area contributed by atoms with Gasteiger partial charge in [0.25, 0.3) is 0 Å². The fraction of sp³-hybridized carbons (Fsp3) is 0.133. The summed E-state index contributed by atoms with van der Waals surface area (Å²) in [5.74, 6) is 0. The molecule has 0 heterocycles. The molecule has 0 saturated heterocycles. The van der Waals surface area contributed by atoms with Crippen molar-refractivity contribution >= 4 is 45.8 Å². The topological polar surface area (TPSA) is 0 Å². The summed E-state index contributed by atoms with van der Waals surface area (Å²) in [6.45, 7) is 8.79. The van der Waals surface area contributed by atoms with E-state index in [-0.39, 0.29) is 196 Å². The normalized spacial score (nSPS) is 12.5. The maximum atomic E-state index is 3.65. The minimum atomic E-state index is 0. The van der Waals surface area contributed by atoms with Crippen LogP contribution in [0.15, 0.2) is 121 Å². The van der Waals surface area contributed by atoms with Crippen molar-refractivity contribution in [3.8, 4) is 44.5 Å². The molecule has 0 unspecified atom stereocenters. The Morgan fingerprint density at radius 2 is 0.530 bits per heavy atom. The number of rotatable bonds is 4. The van der Waals surface area contributed by atoms with Gasteiger partial charge in [-0.3, -0.25) is 0 Å². The van der Waals surface area contributed by atoms with Gasteiger partial charge >= 0.3 is 0 Å². The second kappa shape index (κ2) is 24.5. The van der Waals surface area contributed by atoms with Gasteiger partial charge in [-0.25, -0.2) is 0 Å². The fourth-order valence-corrected chi connectivity index (χ4v) is 9.70. The quantitative estimate of drug-likeness (QED) is 0.154. The third-order valence-corrected chi connectivity index (χ3v) is 13.0. The molecule has 12 rings (SSSR count). The molecule has 66 heavy (non-hydrogen) atoms. The van der Waals surface area contributed by atoms with Crippen LogP contribution in [0.3, 0.4) is 0 Å². The number of allylic oxidation sites excluding steroid dienone is 4. The molecule has 0 bridgehead atoms. The first-order valence-electron chi connectivity index (χ1n) is 21.3. The van der Waals surface area contributed by atoms with Crippen molar-refractivity contribution in [1.29, 1.82) is 0 Å². The Balaban J connectivity index is 0.000000227. The molecule has 4 aliphatic rings. The van der Waals surface area contributed by atoms with E-state index in [1.54, 1.807) is 0 Å². The molecule has 0 saturated carbocycles. The van der Waals surface area contributed by atoms with Gasteiger partial charge in [0, 0.05) is 196 Å². The molecule has 0 spiro atoms. The van der Waals surface area contributed by atoms with Gasteiger partial charge in [-0.15, -0.1) is 22.3 Å². The second-order valence-electron chi connectivity index (χ2n) is 17.0. The van der Waals surface area contributed by atoms with Gasteiger partial charge < -0.3 is 0 Å². The van der Waals surface area contributed by atoms with Gasteiger partial charge in [0.1, 0.15) is 0 Å². The van der Waals surface area contributed by atoms with Crippen LogP contribution < -0.4 is 0 Å². The second-order valence-corrected chi connectivity index (χ2v) is 17.0. The first kappa shape index (κ1) is 56.8. The fourth-order valence-electron chi connectivity index (χ4n) is 9.70. The zero-order valence-corrected chi connectivity index (χ0v) is 55.2. The first-order chi connectivity index (χ1) is 29.3. The summed E-state index contributed by atoms with van der Waals surface area (Å²) in [4.78, 5) is 0. The van der Waals surface area contributed by atoms with E-state index in [0.717, 1.165) is 69.5 Å². The molecular formula is C60H44Y6-4. The number of hydrogen-bond donors (Lipinski definition) is 0. The average Bonchev–Trinajstić information content (AvgIpc) is 4.10. The number of aryl methyl sites for hydroxylation is 4. The number of benzene rings is 8. The average molecular weight is 1300 g/mol. The molecule has 0 N–H and O–H groups in total. The molecule has 8 aromatic rings. The van der Waals surface area contributed by atoms with Crippen molar-refractivity contribution in [1.82, 2.24) is 0 Å². The van der Waals surface area contributed by atoms with Gasteiger partial charge in [-0.05, 0) is 97.9 Å². The summed E-state index contributed by atoms with van der Waals surface area (Å²) < 4.78 is 0. The molecule has 0 amide bonds. The molecule has 0 atom stereocenters. The summed E-state index contributed by atoms with van der Waals surface area (Å²) in [6.07, 6.45) is 22.0. The van der Waals surface area contributed by atoms with Crippen molar-refractivity contribution in [3.05, 3.63) is 212 Å². The molecule has 0 aromatic heterocycles. The van der Waals surface area contributed by atoms with Crippen molar-refractivity contribution < 1.29 is 196 Å². The third kappa shape index (κ3) is 11.5. The zero-order valence-electron chi connectivity index (χ0n) is 38.1. The van der Waals surface area contributed by atoms with E-state index in [2.05, 4.69) is 198 Å². The van der Waals surface area contributed by atoms with E-state index < -0.39 is 0 Å². The van der Waals surface area contributed by atoms with Crippen LogP contribution in [0.4, 0.5) is 0 Å². The Morgan fingerprint density at radius 3 is 0.833 bits per heavy atom. The Labute approximate surface area is 542 Å². The maximum Gasteiger partial charge on any atom is 0 e. The predicted octanol–water partition coefficient (Wildman–Crippen LogP) is 15.0. The first-order valence-corrected chi connectivity index (χ1v) is 21.3. The Hall–Kier alpha value is -0.137. The summed E-state index contributed by atoms with van der Waals surface area (Å²) in [7, 11) is 0. The van der Waals surface area contributed by atoms with E-state index in [0.29, 0.717) is 0 Å². The van der Waals surface area contributed by atoms with Crippen LogP contribution >= 0.6 is 0 Å². The largest absolute Gasteiger partial charge is 0.190 e. The Morgan fingerprint density at radius 1 is 0.288 bits per heavy atom. The summed E-state index contributed by atoms with van der Waals surface area (Å²) >= 11 is 0. The summed E-state index contributed by atoms with van der Waals surface area (Å²) in [5.41, 5.74) is 26.0. The van der Waals surface area contributed by atoms with Crippen LogP contribution in [-0.4, -0.2) is 0 Å². The van der Waals surface area contributed by atoms with Crippen LogP contribution in [0.25, 0.3) is 90.4 Å². The number of hydrogen-bond acceptors (Lipinski definition) is 0. The van der Waals surface area contributed by atoms with Gasteiger partial charge in [-0.2, -0.15) is 94.3 Å². The van der Waals surface area contributed by atoms with Crippen molar-refractivity contribution in [2.45, 2.75) is 53.4 Å². The summed E-state index contributed by atoms with van der Waals surface area (Å²) in [6, 6.07) is 50.7. The molecular weight excluding hydrogens is 1250 g/mol. The van der Waals surface area contributed by atoms with Crippen molar-refractivity contribution in [3.63, 3.8) is 0 Å². The molecule has 0 fully saturated rings. The van der Waals surface area contributed by atoms with Gasteiger partial charge in [0.2, 0.25) is 0 Å². The monoisotopic (exact) mass is 1300 g/mol. The smallest absolute Gasteiger partial charge is 0 e. The standard InChI is InChI=1S/2C30H22.6Y/c2*1-19-13-21-5-3-7-23(21)17-29(19)27-11-9-26-16-28(12-10-25(26)15-27)30-18-24-8-4-6-22(24)14-20(30)2;;;;;;/h3-4,7-14,17-18H,5-6H2,1-2H3;3-6,9-14,17-18H,7-8H2,1-2H3;;;;;;/q2*-2;;;;;;. The van der Waals surface area contributed by atoms with Gasteiger partial charge in [0.15, 0.2) is 0 Å². The van der Waals surface area contributed by atoms with Gasteiger partial charge in [-0.1, -0.05) is 142 Å². The molecule has 4 aliphatic carbocycles. The third-order valence-electron chi connectivity index (χ3n) is 13.0. The van der Waals surface area contributed by atoms with E-state index in [1.165, 1.54) is 89.0 Å². The molecule has 8 aromatic carbocycles. The minimum Gasteiger partial charge on any atom is -0.190 e. The molecule has 306 valence electrons. The minimum absolute atomic E-state index is 0. The Kier molecular flexibility index (Phi) is 21.1. The van der Waals surface area contributed by atoms with Crippen LogP contribution in [0.2, 0.25) is 0 Å².